The average molecular weight is 464 g/mol. The van der Waals surface area contributed by atoms with Gasteiger partial charge >= 0.3 is 0 Å². The lowest BCUT2D eigenvalue weighted by molar-refractivity contribution is 0.102. The molecule has 8 heteroatoms. The van der Waals surface area contributed by atoms with E-state index in [0.29, 0.717) is 42.1 Å². The molecule has 6 nitrogen and oxygen atoms in total. The number of nitrogens with zero attached hydrogens (tertiary/aromatic N) is 2. The first kappa shape index (κ1) is 21.9. The number of hydrogen-bond donors (Lipinski definition) is 1. The van der Waals surface area contributed by atoms with Crippen LogP contribution in [0.25, 0.3) is 0 Å². The molecule has 1 N–H and O–H groups in total. The fourth-order valence-corrected chi connectivity index (χ4v) is 5.93. The van der Waals surface area contributed by atoms with Crippen LogP contribution in [0.15, 0.2) is 82.6 Å². The number of fused-ring (bicyclic) bond motifs is 1. The molecule has 0 saturated heterocycles. The summed E-state index contributed by atoms with van der Waals surface area (Å²) in [5.41, 5.74) is 2.74. The number of anilines is 2. The maximum absolute atomic E-state index is 13.1. The van der Waals surface area contributed by atoms with Crippen molar-refractivity contribution in [3.05, 3.63) is 83.9 Å². The molecule has 1 aliphatic heterocycles. The molecule has 4 rings (SSSR count). The van der Waals surface area contributed by atoms with E-state index >= 15 is 0 Å². The number of nitriles is 1. The second-order valence-electron chi connectivity index (χ2n) is 7.19. The Bertz CT molecular complexity index is 1280. The van der Waals surface area contributed by atoms with E-state index in [1.807, 2.05) is 42.5 Å². The lowest BCUT2D eigenvalue weighted by atomic mass is 10.2. The highest BCUT2D eigenvalue weighted by molar-refractivity contribution is 7.99. The number of nitrogens with one attached hydrogen (secondary N) is 1. The molecule has 162 valence electrons. The summed E-state index contributed by atoms with van der Waals surface area (Å²) in [6.07, 6.45) is 1.10. The van der Waals surface area contributed by atoms with Crippen molar-refractivity contribution < 1.29 is 13.2 Å². The summed E-state index contributed by atoms with van der Waals surface area (Å²) < 4.78 is 27.7. The van der Waals surface area contributed by atoms with Crippen molar-refractivity contribution in [2.75, 3.05) is 21.9 Å². The Morgan fingerprint density at radius 1 is 1.03 bits per heavy atom. The van der Waals surface area contributed by atoms with Gasteiger partial charge in [0.1, 0.15) is 0 Å². The highest BCUT2D eigenvalue weighted by Gasteiger charge is 2.30. The van der Waals surface area contributed by atoms with Gasteiger partial charge in [0.2, 0.25) is 0 Å². The quantitative estimate of drug-likeness (QED) is 0.405. The zero-order chi connectivity index (χ0) is 22.6. The van der Waals surface area contributed by atoms with Crippen LogP contribution >= 0.6 is 11.8 Å². The van der Waals surface area contributed by atoms with Crippen molar-refractivity contribution in [1.29, 1.82) is 5.26 Å². The van der Waals surface area contributed by atoms with Crippen LogP contribution in [0.2, 0.25) is 0 Å². The van der Waals surface area contributed by atoms with Crippen LogP contribution in [0.5, 0.6) is 0 Å². The Morgan fingerprint density at radius 2 is 1.75 bits per heavy atom. The molecule has 0 bridgehead atoms. The second-order valence-corrected chi connectivity index (χ2v) is 10.2. The molecule has 1 amide bonds. The normalized spacial score (nSPS) is 12.8. The largest absolute Gasteiger partial charge is 0.321 e. The van der Waals surface area contributed by atoms with Gasteiger partial charge in [-0.05, 0) is 54.4 Å². The van der Waals surface area contributed by atoms with Gasteiger partial charge in [-0.3, -0.25) is 9.10 Å². The van der Waals surface area contributed by atoms with Crippen LogP contribution in [0.4, 0.5) is 11.4 Å². The molecule has 3 aromatic rings. The molecule has 0 radical (unpaired) electrons. The second kappa shape index (κ2) is 9.47. The number of thioether (sulfide) groups is 1. The monoisotopic (exact) mass is 463 g/mol. The van der Waals surface area contributed by atoms with Gasteiger partial charge in [0.15, 0.2) is 0 Å². The van der Waals surface area contributed by atoms with Gasteiger partial charge in [-0.2, -0.15) is 5.26 Å². The topological polar surface area (TPSA) is 90.3 Å². The number of benzene rings is 3. The third-order valence-electron chi connectivity index (χ3n) is 5.16. The molecule has 0 spiro atoms. The van der Waals surface area contributed by atoms with Gasteiger partial charge < -0.3 is 5.32 Å². The van der Waals surface area contributed by atoms with Crippen molar-refractivity contribution >= 4 is 39.1 Å². The molecule has 0 fully saturated rings. The number of rotatable bonds is 7. The third kappa shape index (κ3) is 4.49. The Labute approximate surface area is 191 Å². The number of carbonyl (C=O) groups is 1. The number of carbonyl (C=O) groups excluding carboxylic acids is 1. The Hall–Kier alpha value is -3.28. The van der Waals surface area contributed by atoms with Crippen LogP contribution < -0.4 is 9.62 Å². The molecule has 1 heterocycles. The zero-order valence-electron chi connectivity index (χ0n) is 17.2. The first-order chi connectivity index (χ1) is 15.5. The van der Waals surface area contributed by atoms with E-state index in [2.05, 4.69) is 11.4 Å². The maximum Gasteiger partial charge on any atom is 0.264 e. The van der Waals surface area contributed by atoms with Gasteiger partial charge in [-0.1, -0.05) is 30.3 Å². The summed E-state index contributed by atoms with van der Waals surface area (Å²) in [7, 11) is -3.70. The van der Waals surface area contributed by atoms with E-state index in [0.717, 1.165) is 10.5 Å². The SMILES string of the molecule is N#CCCSc1ccccc1NC(=O)c1ccc(S(=O)(=O)N2CCc3ccccc32)cc1. The van der Waals surface area contributed by atoms with Crippen LogP contribution in [0, 0.1) is 11.3 Å². The van der Waals surface area contributed by atoms with Gasteiger partial charge in [-0.25, -0.2) is 8.42 Å². The van der Waals surface area contributed by atoms with Gasteiger partial charge in [0.05, 0.1) is 22.3 Å². The van der Waals surface area contributed by atoms with E-state index in [-0.39, 0.29) is 10.8 Å². The van der Waals surface area contributed by atoms with E-state index in [1.54, 1.807) is 6.07 Å². The molecule has 3 aromatic carbocycles. The summed E-state index contributed by atoms with van der Waals surface area (Å²) in [5, 5.41) is 11.6. The minimum Gasteiger partial charge on any atom is -0.321 e. The maximum atomic E-state index is 13.1. The van der Waals surface area contributed by atoms with Crippen molar-refractivity contribution in [3.63, 3.8) is 0 Å². The molecular formula is C24H21N3O3S2. The van der Waals surface area contributed by atoms with Crippen LogP contribution in [-0.2, 0) is 16.4 Å². The molecule has 0 aromatic heterocycles. The molecule has 1 aliphatic rings. The van der Waals surface area contributed by atoms with Crippen LogP contribution in [0.3, 0.4) is 0 Å². The van der Waals surface area contributed by atoms with Gasteiger partial charge in [-0.15, -0.1) is 11.8 Å². The first-order valence-corrected chi connectivity index (χ1v) is 12.5. The number of sulfonamides is 1. The van der Waals surface area contributed by atoms with Crippen molar-refractivity contribution in [2.24, 2.45) is 0 Å². The Balaban J connectivity index is 1.50. The van der Waals surface area contributed by atoms with Gasteiger partial charge in [0, 0.05) is 29.2 Å². The third-order valence-corrected chi connectivity index (χ3v) is 8.06. The molecule has 0 unspecified atom stereocenters. The van der Waals surface area contributed by atoms with Crippen LogP contribution in [-0.4, -0.2) is 26.6 Å². The minimum atomic E-state index is -3.70. The zero-order valence-corrected chi connectivity index (χ0v) is 18.8. The Kier molecular flexibility index (Phi) is 6.49. The Morgan fingerprint density at radius 3 is 2.53 bits per heavy atom. The summed E-state index contributed by atoms with van der Waals surface area (Å²) in [6, 6.07) is 23.0. The number of para-hydroxylation sites is 2. The van der Waals surface area contributed by atoms with Crippen LogP contribution in [0.1, 0.15) is 22.3 Å². The highest BCUT2D eigenvalue weighted by Crippen LogP contribution is 2.33. The molecule has 0 aliphatic carbocycles. The average Bonchev–Trinajstić information content (AvgIpc) is 3.25. The predicted molar refractivity (Wildman–Crippen MR) is 126 cm³/mol. The lowest BCUT2D eigenvalue weighted by Crippen LogP contribution is -2.29. The summed E-state index contributed by atoms with van der Waals surface area (Å²) >= 11 is 1.50. The van der Waals surface area contributed by atoms with E-state index in [9.17, 15) is 13.2 Å². The van der Waals surface area contributed by atoms with E-state index in [1.165, 1.54) is 40.3 Å². The summed E-state index contributed by atoms with van der Waals surface area (Å²) in [6.45, 7) is 0.407. The summed E-state index contributed by atoms with van der Waals surface area (Å²) in [5.74, 6) is 0.309. The fraction of sp³-hybridized carbons (Fsp3) is 0.167. The van der Waals surface area contributed by atoms with Gasteiger partial charge in [0.25, 0.3) is 15.9 Å². The molecular weight excluding hydrogens is 442 g/mol. The number of hydrogen-bond acceptors (Lipinski definition) is 5. The minimum absolute atomic E-state index is 0.151. The first-order valence-electron chi connectivity index (χ1n) is 10.1. The standard InChI is InChI=1S/C24H21N3O3S2/c25-15-5-17-31-23-9-4-2-7-21(23)26-24(28)19-10-12-20(13-11-19)32(29,30)27-16-14-18-6-1-3-8-22(18)27/h1-4,6-13H,5,14,16-17H2,(H,26,28). The fourth-order valence-electron chi connectivity index (χ4n) is 3.56. The van der Waals surface area contributed by atoms with E-state index < -0.39 is 10.0 Å². The van der Waals surface area contributed by atoms with E-state index in [4.69, 9.17) is 5.26 Å². The van der Waals surface area contributed by atoms with Crippen molar-refractivity contribution in [3.8, 4) is 6.07 Å². The van der Waals surface area contributed by atoms with Crippen molar-refractivity contribution in [1.82, 2.24) is 0 Å². The lowest BCUT2D eigenvalue weighted by Gasteiger charge is -2.19. The highest BCUT2D eigenvalue weighted by atomic mass is 32.2. The molecule has 0 saturated carbocycles. The summed E-state index contributed by atoms with van der Waals surface area (Å²) in [4.78, 5) is 13.8. The predicted octanol–water partition coefficient (Wildman–Crippen LogP) is 4.70. The molecule has 32 heavy (non-hydrogen) atoms. The van der Waals surface area contributed by atoms with Crippen molar-refractivity contribution in [2.45, 2.75) is 22.6 Å². The smallest absolute Gasteiger partial charge is 0.264 e. The number of amides is 1. The molecule has 0 atom stereocenters.